The van der Waals surface area contributed by atoms with Crippen molar-refractivity contribution in [3.8, 4) is 22.3 Å². The molecule has 10 rings (SSSR count). The number of rotatable bonds is 12. The van der Waals surface area contributed by atoms with E-state index in [9.17, 15) is 0 Å². The molecule has 0 saturated heterocycles. The van der Waals surface area contributed by atoms with Crippen LogP contribution >= 0.6 is 0 Å². The lowest BCUT2D eigenvalue weighted by atomic mass is 10.0. The number of hydrogen-bond acceptors (Lipinski definition) is 2. The maximum atomic E-state index is 2.45. The van der Waals surface area contributed by atoms with Gasteiger partial charge in [-0.15, -0.1) is 0 Å². The van der Waals surface area contributed by atoms with Crippen LogP contribution in [0.15, 0.2) is 218 Å². The average molecular weight is 963 g/mol. The van der Waals surface area contributed by atoms with Gasteiger partial charge in [-0.3, -0.25) is 0 Å². The van der Waals surface area contributed by atoms with Crippen LogP contribution in [0.5, 0.6) is 0 Å². The van der Waals surface area contributed by atoms with Gasteiger partial charge >= 0.3 is 0 Å². The Morgan fingerprint density at radius 3 is 0.658 bits per heavy atom. The molecule has 0 aliphatic carbocycles. The molecule has 0 aliphatic heterocycles. The predicted molar refractivity (Wildman–Crippen MR) is 318 cm³/mol. The highest BCUT2D eigenvalue weighted by Gasteiger charge is 2.42. The van der Waals surface area contributed by atoms with E-state index in [1.165, 1.54) is 121 Å². The third-order valence-electron chi connectivity index (χ3n) is 14.9. The van der Waals surface area contributed by atoms with E-state index in [1.54, 1.807) is 0 Å². The Hall–Kier alpha value is -7.98. The SMILES string of the molecule is Cc1ccc(-c2ccc([Si](c3ccc(-c4ccc(C)cc4)cc3)(c3ccc(N(c4ccc(C)cc4C)c4ccc(C)cc4C)cc3)c3ccc(N(c4ccc(C)cc4C)c4ccc(C)cc4C)cc3)cc2)cc1. The standard InChI is InChI=1S/C70H66N2Si/c1-47-11-19-57(20-12-47)59-23-31-63(32-24-59)73(64-33-25-60(26-34-64)58-21-13-48(2)14-22-58,65-35-27-61(28-36-65)71(67-39-15-49(3)43-53(67)7)68-40-16-50(4)44-54(68)8)66-37-29-62(30-38-66)72(69-41-17-51(5)45-55(69)9)70-42-18-52(6)46-56(70)10/h11-46H,1-10H3. The largest absolute Gasteiger partial charge is 0.310 e. The summed E-state index contributed by atoms with van der Waals surface area (Å²) >= 11 is 0. The molecule has 3 heteroatoms. The van der Waals surface area contributed by atoms with Gasteiger partial charge in [0, 0.05) is 34.1 Å². The molecule has 0 heterocycles. The van der Waals surface area contributed by atoms with Crippen molar-refractivity contribution < 1.29 is 0 Å². The lowest BCUT2D eigenvalue weighted by molar-refractivity contribution is 1.21. The van der Waals surface area contributed by atoms with Gasteiger partial charge in [0.2, 0.25) is 0 Å². The molecule has 10 aromatic rings. The first-order valence-electron chi connectivity index (χ1n) is 25.7. The minimum Gasteiger partial charge on any atom is -0.310 e. The summed E-state index contributed by atoms with van der Waals surface area (Å²) < 4.78 is 0. The minimum absolute atomic E-state index is 1.13. The maximum absolute atomic E-state index is 3.11. The van der Waals surface area contributed by atoms with Crippen molar-refractivity contribution in [3.63, 3.8) is 0 Å². The second-order valence-electron chi connectivity index (χ2n) is 20.6. The molecule has 0 amide bonds. The zero-order chi connectivity index (χ0) is 51.0. The van der Waals surface area contributed by atoms with Crippen LogP contribution in [0, 0.1) is 69.2 Å². The number of benzene rings is 10. The van der Waals surface area contributed by atoms with Crippen molar-refractivity contribution in [2.75, 3.05) is 9.80 Å². The first-order valence-corrected chi connectivity index (χ1v) is 27.7. The normalized spacial score (nSPS) is 11.4. The summed E-state index contributed by atoms with van der Waals surface area (Å²) in [6.07, 6.45) is 0. The molecule has 10 aromatic carbocycles. The van der Waals surface area contributed by atoms with E-state index in [0.29, 0.717) is 0 Å². The van der Waals surface area contributed by atoms with Crippen molar-refractivity contribution in [2.45, 2.75) is 69.2 Å². The lowest BCUT2D eigenvalue weighted by Gasteiger charge is -2.36. The van der Waals surface area contributed by atoms with Crippen LogP contribution < -0.4 is 30.5 Å². The first-order chi connectivity index (χ1) is 35.3. The molecule has 0 fully saturated rings. The van der Waals surface area contributed by atoms with E-state index in [-0.39, 0.29) is 0 Å². The van der Waals surface area contributed by atoms with Gasteiger partial charge in [0.15, 0.2) is 8.07 Å². The van der Waals surface area contributed by atoms with E-state index >= 15 is 0 Å². The van der Waals surface area contributed by atoms with E-state index < -0.39 is 8.07 Å². The van der Waals surface area contributed by atoms with Gasteiger partial charge in [0.25, 0.3) is 0 Å². The zero-order valence-electron chi connectivity index (χ0n) is 44.2. The van der Waals surface area contributed by atoms with Crippen molar-refractivity contribution in [1.29, 1.82) is 0 Å². The molecule has 0 aliphatic rings. The zero-order valence-corrected chi connectivity index (χ0v) is 45.2. The summed E-state index contributed by atoms with van der Waals surface area (Å²) in [6.45, 7) is 21.9. The Morgan fingerprint density at radius 1 is 0.219 bits per heavy atom. The molecular formula is C70H66N2Si. The lowest BCUT2D eigenvalue weighted by Crippen LogP contribution is -2.74. The fraction of sp³-hybridized carbons (Fsp3) is 0.143. The Kier molecular flexibility index (Phi) is 13.5. The van der Waals surface area contributed by atoms with Gasteiger partial charge in [0.05, 0.1) is 0 Å². The topological polar surface area (TPSA) is 6.48 Å². The summed E-state index contributed by atoms with van der Waals surface area (Å²) in [7, 11) is -3.11. The molecule has 0 radical (unpaired) electrons. The van der Waals surface area contributed by atoms with Gasteiger partial charge in [0.1, 0.15) is 0 Å². The predicted octanol–water partition coefficient (Wildman–Crippen LogP) is 16.4. The Labute approximate surface area is 435 Å². The van der Waals surface area contributed by atoms with Crippen LogP contribution in [-0.4, -0.2) is 8.07 Å². The average Bonchev–Trinajstić information content (AvgIpc) is 3.38. The van der Waals surface area contributed by atoms with E-state index in [2.05, 4.69) is 297 Å². The molecule has 0 N–H and O–H groups in total. The Bertz CT molecular complexity index is 3230. The van der Waals surface area contributed by atoms with Gasteiger partial charge < -0.3 is 9.80 Å². The molecule has 0 saturated carbocycles. The van der Waals surface area contributed by atoms with E-state index in [0.717, 1.165) is 11.4 Å². The van der Waals surface area contributed by atoms with Gasteiger partial charge in [-0.1, -0.05) is 203 Å². The molecule has 0 aromatic heterocycles. The van der Waals surface area contributed by atoms with Crippen LogP contribution in [0.4, 0.5) is 34.1 Å². The fourth-order valence-electron chi connectivity index (χ4n) is 11.1. The monoisotopic (exact) mass is 962 g/mol. The van der Waals surface area contributed by atoms with Crippen LogP contribution in [0.3, 0.4) is 0 Å². The molecule has 2 nitrogen and oxygen atoms in total. The number of nitrogens with zero attached hydrogens (tertiary/aromatic N) is 2. The van der Waals surface area contributed by atoms with Crippen LogP contribution in [-0.2, 0) is 0 Å². The van der Waals surface area contributed by atoms with Crippen LogP contribution in [0.1, 0.15) is 55.6 Å². The number of hydrogen-bond donors (Lipinski definition) is 0. The molecule has 0 bridgehead atoms. The second-order valence-corrected chi connectivity index (χ2v) is 24.4. The molecule has 360 valence electrons. The summed E-state index contributed by atoms with van der Waals surface area (Å²) in [4.78, 5) is 4.90. The Morgan fingerprint density at radius 2 is 0.425 bits per heavy atom. The van der Waals surface area contributed by atoms with Crippen LogP contribution in [0.25, 0.3) is 22.3 Å². The maximum Gasteiger partial charge on any atom is 0.179 e. The second kappa shape index (κ2) is 20.3. The van der Waals surface area contributed by atoms with E-state index in [4.69, 9.17) is 0 Å². The first kappa shape index (κ1) is 48.6. The van der Waals surface area contributed by atoms with Crippen molar-refractivity contribution in [1.82, 2.24) is 0 Å². The Balaban J connectivity index is 1.21. The van der Waals surface area contributed by atoms with Gasteiger partial charge in [-0.25, -0.2) is 0 Å². The van der Waals surface area contributed by atoms with Crippen LogP contribution in [0.2, 0.25) is 0 Å². The quantitative estimate of drug-likeness (QED) is 0.0889. The number of anilines is 6. The van der Waals surface area contributed by atoms with Crippen molar-refractivity contribution in [2.24, 2.45) is 0 Å². The summed E-state index contributed by atoms with van der Waals surface area (Å²) in [5.74, 6) is 0. The molecular weight excluding hydrogens is 897 g/mol. The summed E-state index contributed by atoms with van der Waals surface area (Å²) in [6, 6.07) is 83.3. The van der Waals surface area contributed by atoms with Crippen molar-refractivity contribution in [3.05, 3.63) is 274 Å². The minimum atomic E-state index is -3.11. The molecule has 73 heavy (non-hydrogen) atoms. The highest BCUT2D eigenvalue weighted by Crippen LogP contribution is 2.41. The number of aryl methyl sites for hydroxylation is 10. The van der Waals surface area contributed by atoms with Crippen molar-refractivity contribution >= 4 is 62.9 Å². The summed E-state index contributed by atoms with van der Waals surface area (Å²) in [5, 5.41) is 5.29. The highest BCUT2D eigenvalue weighted by molar-refractivity contribution is 7.19. The molecule has 0 atom stereocenters. The third kappa shape index (κ3) is 9.62. The third-order valence-corrected chi connectivity index (χ3v) is 19.7. The molecule has 0 unspecified atom stereocenters. The van der Waals surface area contributed by atoms with Gasteiger partial charge in [-0.05, 0) is 183 Å². The summed E-state index contributed by atoms with van der Waals surface area (Å²) in [5.41, 5.74) is 24.3. The fourth-order valence-corrected chi connectivity index (χ4v) is 15.7. The highest BCUT2D eigenvalue weighted by atomic mass is 28.3. The van der Waals surface area contributed by atoms with Gasteiger partial charge in [-0.2, -0.15) is 0 Å². The smallest absolute Gasteiger partial charge is 0.179 e. The molecule has 0 spiro atoms. The van der Waals surface area contributed by atoms with E-state index in [1.807, 2.05) is 0 Å².